The fourth-order valence-electron chi connectivity index (χ4n) is 2.14. The van der Waals surface area contributed by atoms with Crippen molar-refractivity contribution in [1.29, 1.82) is 0 Å². The second-order valence-corrected chi connectivity index (χ2v) is 4.28. The lowest BCUT2D eigenvalue weighted by atomic mass is 10.0. The van der Waals surface area contributed by atoms with Crippen molar-refractivity contribution >= 4 is 33.3 Å². The van der Waals surface area contributed by atoms with Crippen molar-refractivity contribution in [1.82, 2.24) is 4.98 Å². The summed E-state index contributed by atoms with van der Waals surface area (Å²) in [7, 11) is 0. The number of hydrogen-bond donors (Lipinski definition) is 0. The van der Waals surface area contributed by atoms with E-state index in [2.05, 4.69) is 24.0 Å². The van der Waals surface area contributed by atoms with Crippen LogP contribution in [0.2, 0.25) is 5.15 Å². The summed E-state index contributed by atoms with van der Waals surface area (Å²) in [6, 6.07) is 14.2. The van der Waals surface area contributed by atoms with E-state index in [0.717, 1.165) is 10.9 Å². The molecule has 0 N–H and O–H groups in total. The van der Waals surface area contributed by atoms with Crippen molar-refractivity contribution in [2.45, 2.75) is 6.92 Å². The predicted molar refractivity (Wildman–Crippen MR) is 69.0 cm³/mol. The molecule has 0 bridgehead atoms. The molecule has 0 radical (unpaired) electrons. The van der Waals surface area contributed by atoms with Gasteiger partial charge in [0.25, 0.3) is 0 Å². The number of hydrogen-bond acceptors (Lipinski definition) is 1. The smallest absolute Gasteiger partial charge is 0.137 e. The van der Waals surface area contributed by atoms with Gasteiger partial charge in [0.2, 0.25) is 0 Å². The quantitative estimate of drug-likeness (QED) is 0.411. The molecule has 3 rings (SSSR count). The standard InChI is InChI=1S/C14H10ClN/c1-9-5-4-8-12-13(9)10-6-2-3-7-11(10)14(15)16-12/h2-8H,1H3. The summed E-state index contributed by atoms with van der Waals surface area (Å²) in [4.78, 5) is 4.43. The highest BCUT2D eigenvalue weighted by molar-refractivity contribution is 6.35. The topological polar surface area (TPSA) is 12.9 Å². The first-order valence-corrected chi connectivity index (χ1v) is 5.59. The van der Waals surface area contributed by atoms with Crippen LogP contribution in [-0.4, -0.2) is 4.98 Å². The molecule has 0 saturated heterocycles. The molecule has 2 heteroatoms. The third-order valence-electron chi connectivity index (χ3n) is 2.89. The van der Waals surface area contributed by atoms with Crippen LogP contribution in [0.5, 0.6) is 0 Å². The lowest BCUT2D eigenvalue weighted by molar-refractivity contribution is 1.42. The Morgan fingerprint density at radius 1 is 0.938 bits per heavy atom. The van der Waals surface area contributed by atoms with E-state index in [0.29, 0.717) is 5.15 Å². The molecule has 0 spiro atoms. The van der Waals surface area contributed by atoms with Crippen LogP contribution >= 0.6 is 11.6 Å². The van der Waals surface area contributed by atoms with E-state index in [1.807, 2.05) is 30.3 Å². The van der Waals surface area contributed by atoms with E-state index in [-0.39, 0.29) is 0 Å². The Morgan fingerprint density at radius 3 is 2.50 bits per heavy atom. The Hall–Kier alpha value is -1.60. The summed E-state index contributed by atoms with van der Waals surface area (Å²) >= 11 is 6.18. The van der Waals surface area contributed by atoms with Gasteiger partial charge in [0.05, 0.1) is 5.52 Å². The molecule has 0 atom stereocenters. The summed E-state index contributed by atoms with van der Waals surface area (Å²) in [5.74, 6) is 0. The number of aromatic nitrogens is 1. The second-order valence-electron chi connectivity index (χ2n) is 3.92. The molecule has 0 unspecified atom stereocenters. The summed E-state index contributed by atoms with van der Waals surface area (Å²) in [5.41, 5.74) is 2.20. The highest BCUT2D eigenvalue weighted by Crippen LogP contribution is 2.30. The van der Waals surface area contributed by atoms with Crippen LogP contribution in [0.1, 0.15) is 5.56 Å². The lowest BCUT2D eigenvalue weighted by Gasteiger charge is -2.07. The maximum atomic E-state index is 6.18. The molecule has 1 heterocycles. The zero-order valence-electron chi connectivity index (χ0n) is 8.87. The SMILES string of the molecule is Cc1cccc2nc(Cl)c3ccccc3c12. The molecule has 2 aromatic carbocycles. The number of aryl methyl sites for hydroxylation is 1. The van der Waals surface area contributed by atoms with E-state index >= 15 is 0 Å². The Kier molecular flexibility index (Phi) is 2.08. The van der Waals surface area contributed by atoms with Gasteiger partial charge >= 0.3 is 0 Å². The van der Waals surface area contributed by atoms with Crippen LogP contribution in [0.4, 0.5) is 0 Å². The molecule has 0 aliphatic carbocycles. The molecule has 1 aromatic heterocycles. The number of benzene rings is 2. The van der Waals surface area contributed by atoms with Gasteiger partial charge in [-0.25, -0.2) is 4.98 Å². The molecule has 0 aliphatic heterocycles. The molecule has 1 nitrogen and oxygen atoms in total. The average molecular weight is 228 g/mol. The van der Waals surface area contributed by atoms with E-state index in [9.17, 15) is 0 Å². The molecule has 0 fully saturated rings. The normalized spacial score (nSPS) is 11.1. The summed E-state index contributed by atoms with van der Waals surface area (Å²) in [5, 5.41) is 3.97. The van der Waals surface area contributed by atoms with Crippen molar-refractivity contribution in [3.8, 4) is 0 Å². The van der Waals surface area contributed by atoms with E-state index < -0.39 is 0 Å². The molecule has 3 aromatic rings. The van der Waals surface area contributed by atoms with Gasteiger partial charge in [-0.3, -0.25) is 0 Å². The Labute approximate surface area is 98.7 Å². The molecule has 0 aliphatic rings. The molecular weight excluding hydrogens is 218 g/mol. The van der Waals surface area contributed by atoms with Crippen molar-refractivity contribution < 1.29 is 0 Å². The van der Waals surface area contributed by atoms with E-state index in [1.54, 1.807) is 0 Å². The monoisotopic (exact) mass is 227 g/mol. The number of halogens is 1. The van der Waals surface area contributed by atoms with Gasteiger partial charge in [-0.05, 0) is 23.9 Å². The van der Waals surface area contributed by atoms with Gasteiger partial charge in [0.15, 0.2) is 0 Å². The van der Waals surface area contributed by atoms with Gasteiger partial charge in [-0.1, -0.05) is 48.0 Å². The van der Waals surface area contributed by atoms with Gasteiger partial charge < -0.3 is 0 Å². The third-order valence-corrected chi connectivity index (χ3v) is 3.18. The molecule has 0 saturated carbocycles. The minimum absolute atomic E-state index is 0.578. The number of pyridine rings is 1. The predicted octanol–water partition coefficient (Wildman–Crippen LogP) is 4.35. The Morgan fingerprint density at radius 2 is 1.69 bits per heavy atom. The van der Waals surface area contributed by atoms with Crippen molar-refractivity contribution in [3.63, 3.8) is 0 Å². The summed E-state index contributed by atoms with van der Waals surface area (Å²) in [6.07, 6.45) is 0. The summed E-state index contributed by atoms with van der Waals surface area (Å²) < 4.78 is 0. The zero-order valence-corrected chi connectivity index (χ0v) is 9.62. The van der Waals surface area contributed by atoms with Crippen LogP contribution in [-0.2, 0) is 0 Å². The average Bonchev–Trinajstić information content (AvgIpc) is 2.29. The van der Waals surface area contributed by atoms with Gasteiger partial charge in [0, 0.05) is 10.8 Å². The highest BCUT2D eigenvalue weighted by atomic mass is 35.5. The zero-order chi connectivity index (χ0) is 11.1. The van der Waals surface area contributed by atoms with Crippen LogP contribution in [0, 0.1) is 6.92 Å². The Bertz CT molecular complexity index is 689. The fraction of sp³-hybridized carbons (Fsp3) is 0.0714. The van der Waals surface area contributed by atoms with Crippen LogP contribution in [0.3, 0.4) is 0 Å². The number of rotatable bonds is 0. The number of nitrogens with zero attached hydrogens (tertiary/aromatic N) is 1. The highest BCUT2D eigenvalue weighted by Gasteiger charge is 2.07. The second kappa shape index (κ2) is 3.46. The first kappa shape index (κ1) is 9.61. The third kappa shape index (κ3) is 1.29. The maximum Gasteiger partial charge on any atom is 0.137 e. The van der Waals surface area contributed by atoms with Gasteiger partial charge in [-0.2, -0.15) is 0 Å². The van der Waals surface area contributed by atoms with Gasteiger partial charge in [-0.15, -0.1) is 0 Å². The van der Waals surface area contributed by atoms with Crippen molar-refractivity contribution in [3.05, 3.63) is 53.2 Å². The van der Waals surface area contributed by atoms with Crippen LogP contribution in [0.15, 0.2) is 42.5 Å². The fourth-order valence-corrected chi connectivity index (χ4v) is 2.40. The minimum Gasteiger partial charge on any atom is -0.235 e. The first-order chi connectivity index (χ1) is 7.77. The lowest BCUT2D eigenvalue weighted by Crippen LogP contribution is -1.86. The van der Waals surface area contributed by atoms with Crippen molar-refractivity contribution in [2.75, 3.05) is 0 Å². The maximum absolute atomic E-state index is 6.18. The largest absolute Gasteiger partial charge is 0.235 e. The molecule has 0 amide bonds. The Balaban J connectivity index is 2.67. The minimum atomic E-state index is 0.578. The van der Waals surface area contributed by atoms with Crippen LogP contribution < -0.4 is 0 Å². The molecular formula is C14H10ClN. The first-order valence-electron chi connectivity index (χ1n) is 5.21. The van der Waals surface area contributed by atoms with Crippen molar-refractivity contribution in [2.24, 2.45) is 0 Å². The van der Waals surface area contributed by atoms with Crippen LogP contribution in [0.25, 0.3) is 21.7 Å². The summed E-state index contributed by atoms with van der Waals surface area (Å²) in [6.45, 7) is 2.10. The number of fused-ring (bicyclic) bond motifs is 3. The van der Waals surface area contributed by atoms with E-state index in [1.165, 1.54) is 16.3 Å². The van der Waals surface area contributed by atoms with Gasteiger partial charge in [0.1, 0.15) is 5.15 Å². The molecule has 16 heavy (non-hydrogen) atoms. The molecule has 78 valence electrons. The van der Waals surface area contributed by atoms with E-state index in [4.69, 9.17) is 11.6 Å².